The summed E-state index contributed by atoms with van der Waals surface area (Å²) in [5, 5.41) is 0. The van der Waals surface area contributed by atoms with Crippen LogP contribution in [0.1, 0.15) is 41.6 Å². The maximum absolute atomic E-state index is 14.9. The smallest absolute Gasteiger partial charge is 0.416 e. The van der Waals surface area contributed by atoms with Gasteiger partial charge in [-0.15, -0.1) is 0 Å². The first-order valence-electron chi connectivity index (χ1n) is 12.7. The van der Waals surface area contributed by atoms with E-state index in [4.69, 9.17) is 9.47 Å². The van der Waals surface area contributed by atoms with Crippen LogP contribution in [0.4, 0.5) is 54.8 Å². The maximum Gasteiger partial charge on any atom is 0.416 e. The number of fused-ring (bicyclic) bond motifs is 1. The van der Waals surface area contributed by atoms with Crippen LogP contribution in [-0.4, -0.2) is 56.7 Å². The van der Waals surface area contributed by atoms with E-state index < -0.39 is 78.6 Å². The van der Waals surface area contributed by atoms with Crippen LogP contribution in [0.2, 0.25) is 0 Å². The summed E-state index contributed by atoms with van der Waals surface area (Å²) >= 11 is 0. The number of ether oxygens (including phenoxy) is 3. The number of nitrogens with zero attached hydrogens (tertiary/aromatic N) is 2. The van der Waals surface area contributed by atoms with Crippen LogP contribution in [0.5, 0.6) is 0 Å². The molecule has 0 N–H and O–H groups in total. The van der Waals surface area contributed by atoms with Crippen LogP contribution in [-0.2, 0) is 33.1 Å². The summed E-state index contributed by atoms with van der Waals surface area (Å²) in [6.07, 6.45) is -18.0. The quantitative estimate of drug-likeness (QED) is 0.295. The number of rotatable bonds is 7. The minimum Gasteiger partial charge on any atom is -0.453 e. The number of amides is 2. The lowest BCUT2D eigenvalue weighted by atomic mass is 9.79. The van der Waals surface area contributed by atoms with Gasteiger partial charge in [0.25, 0.3) is 0 Å². The Balaban J connectivity index is 2.30. The van der Waals surface area contributed by atoms with Crippen molar-refractivity contribution < 1.29 is 63.3 Å². The topological polar surface area (TPSA) is 68.3 Å². The molecule has 1 heterocycles. The Morgan fingerprint density at radius 1 is 0.907 bits per heavy atom. The van der Waals surface area contributed by atoms with Gasteiger partial charge in [0, 0.05) is 13.7 Å². The fraction of sp³-hybridized carbons (Fsp3) is 0.481. The Morgan fingerprint density at radius 2 is 1.49 bits per heavy atom. The number of methoxy groups -OCH3 is 2. The second-order valence-electron chi connectivity index (χ2n) is 9.59. The zero-order valence-corrected chi connectivity index (χ0v) is 22.9. The Morgan fingerprint density at radius 3 is 1.98 bits per heavy atom. The Labute approximate surface area is 240 Å². The third-order valence-corrected chi connectivity index (χ3v) is 6.69. The van der Waals surface area contributed by atoms with E-state index in [0.29, 0.717) is 23.5 Å². The predicted octanol–water partition coefficient (Wildman–Crippen LogP) is 7.59. The lowest BCUT2D eigenvalue weighted by Crippen LogP contribution is -2.60. The van der Waals surface area contributed by atoms with Gasteiger partial charge in [-0.25, -0.2) is 9.59 Å². The third kappa shape index (κ3) is 7.46. The molecule has 16 heteroatoms. The second kappa shape index (κ2) is 12.9. The van der Waals surface area contributed by atoms with Gasteiger partial charge in [0.15, 0.2) is 0 Å². The predicted molar refractivity (Wildman–Crippen MR) is 133 cm³/mol. The Kier molecular flexibility index (Phi) is 10.1. The standard InChI is InChI=1S/C27H27F9N2O5/c1-4-9-43-24(40)38-19-8-6-5-7-18(19)22(21(27(34,35)36)20(38)14-41-2)37(23(39)42-3)13-15-10-16(25(28,29)30)12-17(11-15)26(31,32)33/h5-8,10-12,20-22H,4,9,13-14H2,1-3H3/t20-,21+,22?/m1/s1. The number of carbonyl (C=O) groups is 2. The molecule has 0 saturated carbocycles. The van der Waals surface area contributed by atoms with Crippen molar-refractivity contribution in [2.24, 2.45) is 5.92 Å². The van der Waals surface area contributed by atoms with E-state index in [1.807, 2.05) is 0 Å². The molecular formula is C27H27F9N2O5. The molecule has 238 valence electrons. The number of para-hydroxylation sites is 1. The SMILES string of the molecule is CCCOC(=O)N1c2ccccc2C(N(Cc2cc(C(F)(F)F)cc(C(F)(F)F)c2)C(=O)OC)[C@@H](C(F)(F)F)[C@H]1COC. The van der Waals surface area contributed by atoms with E-state index in [-0.39, 0.29) is 23.9 Å². The van der Waals surface area contributed by atoms with Crippen LogP contribution >= 0.6 is 0 Å². The fourth-order valence-electron chi connectivity index (χ4n) is 5.00. The van der Waals surface area contributed by atoms with Crippen LogP contribution in [0.3, 0.4) is 0 Å². The highest BCUT2D eigenvalue weighted by atomic mass is 19.4. The van der Waals surface area contributed by atoms with E-state index in [2.05, 4.69) is 4.74 Å². The lowest BCUT2D eigenvalue weighted by Gasteiger charge is -2.48. The van der Waals surface area contributed by atoms with Gasteiger partial charge in [-0.05, 0) is 41.8 Å². The van der Waals surface area contributed by atoms with E-state index in [1.165, 1.54) is 18.2 Å². The first-order valence-corrected chi connectivity index (χ1v) is 12.7. The summed E-state index contributed by atoms with van der Waals surface area (Å²) in [6, 6.07) is 1.64. The highest BCUT2D eigenvalue weighted by molar-refractivity contribution is 5.91. The zero-order chi connectivity index (χ0) is 32.3. The number of carbonyl (C=O) groups excluding carboxylic acids is 2. The van der Waals surface area contributed by atoms with Crippen molar-refractivity contribution in [3.8, 4) is 0 Å². The van der Waals surface area contributed by atoms with Crippen LogP contribution in [0, 0.1) is 5.92 Å². The molecule has 3 rings (SSSR count). The fourth-order valence-corrected chi connectivity index (χ4v) is 5.00. The van der Waals surface area contributed by atoms with Gasteiger partial charge in [-0.1, -0.05) is 25.1 Å². The maximum atomic E-state index is 14.9. The molecule has 0 aliphatic carbocycles. The molecule has 2 amide bonds. The molecule has 0 saturated heterocycles. The zero-order valence-electron chi connectivity index (χ0n) is 22.9. The molecule has 1 aliphatic heterocycles. The van der Waals surface area contributed by atoms with E-state index in [9.17, 15) is 49.1 Å². The number of benzene rings is 2. The van der Waals surface area contributed by atoms with Crippen molar-refractivity contribution in [1.82, 2.24) is 4.90 Å². The van der Waals surface area contributed by atoms with E-state index in [0.717, 1.165) is 25.2 Å². The average molecular weight is 631 g/mol. The molecule has 0 spiro atoms. The van der Waals surface area contributed by atoms with Crippen molar-refractivity contribution >= 4 is 17.9 Å². The molecule has 1 aliphatic rings. The van der Waals surface area contributed by atoms with Gasteiger partial charge < -0.3 is 14.2 Å². The van der Waals surface area contributed by atoms with Crippen LogP contribution in [0.15, 0.2) is 42.5 Å². The molecule has 2 aromatic carbocycles. The minimum absolute atomic E-state index is 0.134. The molecule has 0 fully saturated rings. The largest absolute Gasteiger partial charge is 0.453 e. The van der Waals surface area contributed by atoms with Crippen molar-refractivity contribution in [1.29, 1.82) is 0 Å². The van der Waals surface area contributed by atoms with Gasteiger partial charge in [0.05, 0.1) is 49.2 Å². The van der Waals surface area contributed by atoms with Gasteiger partial charge in [-0.3, -0.25) is 9.80 Å². The number of anilines is 1. The van der Waals surface area contributed by atoms with Gasteiger partial charge in [-0.2, -0.15) is 39.5 Å². The first kappa shape index (κ1) is 33.8. The highest BCUT2D eigenvalue weighted by Gasteiger charge is 2.58. The van der Waals surface area contributed by atoms with Crippen molar-refractivity contribution in [3.05, 3.63) is 64.7 Å². The number of hydrogen-bond donors (Lipinski definition) is 0. The summed E-state index contributed by atoms with van der Waals surface area (Å²) in [5.74, 6) is -2.65. The van der Waals surface area contributed by atoms with E-state index >= 15 is 0 Å². The first-order chi connectivity index (χ1) is 19.9. The van der Waals surface area contributed by atoms with E-state index in [1.54, 1.807) is 6.92 Å². The van der Waals surface area contributed by atoms with Gasteiger partial charge >= 0.3 is 30.7 Å². The third-order valence-electron chi connectivity index (χ3n) is 6.69. The van der Waals surface area contributed by atoms with Gasteiger partial charge in [0.2, 0.25) is 0 Å². The molecule has 3 atom stereocenters. The lowest BCUT2D eigenvalue weighted by molar-refractivity contribution is -0.202. The van der Waals surface area contributed by atoms with Crippen LogP contribution in [0.25, 0.3) is 0 Å². The second-order valence-corrected chi connectivity index (χ2v) is 9.59. The molecule has 43 heavy (non-hydrogen) atoms. The van der Waals surface area contributed by atoms with Gasteiger partial charge in [0.1, 0.15) is 5.92 Å². The molecule has 7 nitrogen and oxygen atoms in total. The molecule has 0 bridgehead atoms. The normalized spacial score (nSPS) is 19.1. The summed E-state index contributed by atoms with van der Waals surface area (Å²) in [4.78, 5) is 27.2. The molecule has 1 unspecified atom stereocenters. The van der Waals surface area contributed by atoms with Crippen molar-refractivity contribution in [2.75, 3.05) is 32.3 Å². The number of halogens is 9. The molecule has 0 radical (unpaired) electrons. The van der Waals surface area contributed by atoms with Crippen molar-refractivity contribution in [3.63, 3.8) is 0 Å². The van der Waals surface area contributed by atoms with Crippen LogP contribution < -0.4 is 4.90 Å². The highest BCUT2D eigenvalue weighted by Crippen LogP contribution is 2.51. The molecular weight excluding hydrogens is 603 g/mol. The monoisotopic (exact) mass is 630 g/mol. The Hall–Kier alpha value is -3.69. The molecule has 2 aromatic rings. The minimum atomic E-state index is -5.25. The van der Waals surface area contributed by atoms with Crippen molar-refractivity contribution in [2.45, 2.75) is 50.5 Å². The summed E-state index contributed by atoms with van der Waals surface area (Å²) < 4.78 is 141. The molecule has 0 aromatic heterocycles. The average Bonchev–Trinajstić information content (AvgIpc) is 2.92. The summed E-state index contributed by atoms with van der Waals surface area (Å²) in [6.45, 7) is -0.355. The number of alkyl halides is 9. The Bertz CT molecular complexity index is 1260. The number of hydrogen-bond acceptors (Lipinski definition) is 5. The summed E-state index contributed by atoms with van der Waals surface area (Å²) in [5.41, 5.74) is -4.62. The summed E-state index contributed by atoms with van der Waals surface area (Å²) in [7, 11) is 1.86.